The van der Waals surface area contributed by atoms with Crippen LogP contribution in [-0.4, -0.2) is 20.5 Å². The normalized spacial score (nSPS) is 23.3. The minimum atomic E-state index is -1.68. The predicted octanol–water partition coefficient (Wildman–Crippen LogP) is 5.65. The molecule has 2 rings (SSSR count). The van der Waals surface area contributed by atoms with Gasteiger partial charge in [0.2, 0.25) is 0 Å². The summed E-state index contributed by atoms with van der Waals surface area (Å²) in [5.74, 6) is 0. The van der Waals surface area contributed by atoms with Crippen LogP contribution in [0.2, 0.25) is 18.1 Å². The maximum Gasteiger partial charge on any atom is 0.192 e. The molecule has 0 aromatic heterocycles. The van der Waals surface area contributed by atoms with E-state index in [2.05, 4.69) is 86.0 Å². The van der Waals surface area contributed by atoms with Crippen molar-refractivity contribution in [3.05, 3.63) is 27.8 Å². The van der Waals surface area contributed by atoms with Gasteiger partial charge >= 0.3 is 0 Å². The second-order valence-electron chi connectivity index (χ2n) is 7.61. The van der Waals surface area contributed by atoms with Crippen molar-refractivity contribution in [1.29, 1.82) is 0 Å². The molecule has 4 heteroatoms. The summed E-state index contributed by atoms with van der Waals surface area (Å²) in [6, 6.07) is 9.07. The van der Waals surface area contributed by atoms with Crippen molar-refractivity contribution in [2.24, 2.45) is 0 Å². The third-order valence-corrected chi connectivity index (χ3v) is 10.1. The zero-order valence-electron chi connectivity index (χ0n) is 13.9. The van der Waals surface area contributed by atoms with Crippen LogP contribution in [0, 0.1) is 3.57 Å². The van der Waals surface area contributed by atoms with E-state index in [1.807, 2.05) is 0 Å². The van der Waals surface area contributed by atoms with Crippen molar-refractivity contribution in [3.63, 3.8) is 0 Å². The number of hydrogen-bond acceptors (Lipinski definition) is 2. The van der Waals surface area contributed by atoms with E-state index in [4.69, 9.17) is 4.43 Å². The third-order valence-electron chi connectivity index (χ3n) is 4.88. The number of anilines is 1. The average Bonchev–Trinajstić information content (AvgIpc) is 2.74. The molecule has 0 saturated heterocycles. The van der Waals surface area contributed by atoms with Crippen molar-refractivity contribution < 1.29 is 4.43 Å². The van der Waals surface area contributed by atoms with Crippen LogP contribution in [0.15, 0.2) is 24.3 Å². The molecular formula is C17H28INOSi. The van der Waals surface area contributed by atoms with Crippen molar-refractivity contribution in [2.75, 3.05) is 5.32 Å². The Labute approximate surface area is 144 Å². The zero-order chi connectivity index (χ0) is 15.7. The van der Waals surface area contributed by atoms with Gasteiger partial charge in [-0.2, -0.15) is 0 Å². The van der Waals surface area contributed by atoms with Gasteiger partial charge in [0.1, 0.15) is 0 Å². The maximum absolute atomic E-state index is 6.65. The molecule has 0 radical (unpaired) electrons. The summed E-state index contributed by atoms with van der Waals surface area (Å²) in [5.41, 5.74) is 1.22. The Morgan fingerprint density at radius 1 is 1.24 bits per heavy atom. The average molecular weight is 417 g/mol. The van der Waals surface area contributed by atoms with E-state index in [1.54, 1.807) is 0 Å². The Bertz CT molecular complexity index is 484. The van der Waals surface area contributed by atoms with Gasteiger partial charge in [-0.25, -0.2) is 0 Å². The van der Waals surface area contributed by atoms with Crippen LogP contribution >= 0.6 is 22.6 Å². The summed E-state index contributed by atoms with van der Waals surface area (Å²) in [5, 5.41) is 3.98. The first kappa shape index (κ1) is 17.3. The Morgan fingerprint density at radius 3 is 2.57 bits per heavy atom. The van der Waals surface area contributed by atoms with E-state index < -0.39 is 8.32 Å². The van der Waals surface area contributed by atoms with Gasteiger partial charge in [-0.1, -0.05) is 26.8 Å². The molecule has 1 aliphatic carbocycles. The lowest BCUT2D eigenvalue weighted by Gasteiger charge is -2.40. The molecule has 0 amide bonds. The first-order valence-electron chi connectivity index (χ1n) is 7.89. The minimum Gasteiger partial charge on any atom is -0.412 e. The smallest absolute Gasteiger partial charge is 0.192 e. The van der Waals surface area contributed by atoms with Crippen molar-refractivity contribution >= 4 is 36.6 Å². The standard InChI is InChI=1S/C17H28INOSi/c1-17(2,3)21(4,5)20-16-11-7-10-15(16)19-14-9-6-8-13(18)12-14/h6,8-9,12,15-16,19H,7,10-11H2,1-5H3/t15-,16-/m1/s1. The summed E-state index contributed by atoms with van der Waals surface area (Å²) in [6.45, 7) is 11.7. The van der Waals surface area contributed by atoms with E-state index in [-0.39, 0.29) is 5.04 Å². The fourth-order valence-electron chi connectivity index (χ4n) is 2.58. The first-order chi connectivity index (χ1) is 9.69. The Morgan fingerprint density at radius 2 is 1.95 bits per heavy atom. The van der Waals surface area contributed by atoms with Gasteiger partial charge in [0, 0.05) is 9.26 Å². The largest absolute Gasteiger partial charge is 0.412 e. The quantitative estimate of drug-likeness (QED) is 0.505. The molecular weight excluding hydrogens is 389 g/mol. The molecule has 118 valence electrons. The summed E-state index contributed by atoms with van der Waals surface area (Å²) in [6.07, 6.45) is 4.03. The SMILES string of the molecule is CC(C)(C)[Si](C)(C)O[C@@H]1CCC[C@H]1Nc1cccc(I)c1. The molecule has 1 fully saturated rings. The van der Waals surface area contributed by atoms with Gasteiger partial charge in [-0.15, -0.1) is 0 Å². The van der Waals surface area contributed by atoms with Crippen molar-refractivity contribution in [3.8, 4) is 0 Å². The molecule has 0 bridgehead atoms. The van der Waals surface area contributed by atoms with Crippen LogP contribution < -0.4 is 5.32 Å². The van der Waals surface area contributed by atoms with E-state index >= 15 is 0 Å². The lowest BCUT2D eigenvalue weighted by Crippen LogP contribution is -2.47. The second-order valence-corrected chi connectivity index (χ2v) is 13.6. The van der Waals surface area contributed by atoms with E-state index in [9.17, 15) is 0 Å². The zero-order valence-corrected chi connectivity index (χ0v) is 17.0. The van der Waals surface area contributed by atoms with Gasteiger partial charge in [-0.05, 0) is 78.2 Å². The number of hydrogen-bond donors (Lipinski definition) is 1. The van der Waals surface area contributed by atoms with Gasteiger partial charge in [0.15, 0.2) is 8.32 Å². The predicted molar refractivity (Wildman–Crippen MR) is 102 cm³/mol. The van der Waals surface area contributed by atoms with Crippen LogP contribution in [0.5, 0.6) is 0 Å². The molecule has 0 spiro atoms. The van der Waals surface area contributed by atoms with E-state index in [1.165, 1.54) is 28.5 Å². The molecule has 1 saturated carbocycles. The highest BCUT2D eigenvalue weighted by molar-refractivity contribution is 14.1. The lowest BCUT2D eigenvalue weighted by molar-refractivity contribution is 0.177. The fraction of sp³-hybridized carbons (Fsp3) is 0.647. The molecule has 2 atom stereocenters. The van der Waals surface area contributed by atoms with Crippen LogP contribution in [0.4, 0.5) is 5.69 Å². The maximum atomic E-state index is 6.65. The van der Waals surface area contributed by atoms with E-state index in [0.29, 0.717) is 12.1 Å². The Hall–Kier alpha value is -0.0731. The fourth-order valence-corrected chi connectivity index (χ4v) is 4.52. The summed E-state index contributed by atoms with van der Waals surface area (Å²) >= 11 is 2.37. The molecule has 0 unspecified atom stereocenters. The van der Waals surface area contributed by atoms with Crippen molar-refractivity contribution in [1.82, 2.24) is 0 Å². The van der Waals surface area contributed by atoms with Gasteiger partial charge in [0.25, 0.3) is 0 Å². The molecule has 1 aromatic rings. The number of nitrogens with one attached hydrogen (secondary N) is 1. The molecule has 21 heavy (non-hydrogen) atoms. The molecule has 2 nitrogen and oxygen atoms in total. The minimum absolute atomic E-state index is 0.280. The van der Waals surface area contributed by atoms with Crippen LogP contribution in [0.25, 0.3) is 0 Å². The first-order valence-corrected chi connectivity index (χ1v) is 11.9. The summed E-state index contributed by atoms with van der Waals surface area (Å²) in [4.78, 5) is 0. The Balaban J connectivity index is 2.04. The number of benzene rings is 1. The van der Waals surface area contributed by atoms with E-state index in [0.717, 1.165) is 0 Å². The summed E-state index contributed by atoms with van der Waals surface area (Å²) in [7, 11) is -1.68. The number of halogens is 1. The van der Waals surface area contributed by atoms with Crippen LogP contribution in [-0.2, 0) is 4.43 Å². The lowest BCUT2D eigenvalue weighted by atomic mass is 10.2. The molecule has 0 heterocycles. The van der Waals surface area contributed by atoms with Crippen molar-refractivity contribution in [2.45, 2.75) is 70.3 Å². The third kappa shape index (κ3) is 4.45. The highest BCUT2D eigenvalue weighted by Gasteiger charge is 2.41. The number of rotatable bonds is 4. The van der Waals surface area contributed by atoms with Gasteiger partial charge in [0.05, 0.1) is 12.1 Å². The molecule has 0 aliphatic heterocycles. The Kier molecular flexibility index (Phi) is 5.42. The highest BCUT2D eigenvalue weighted by atomic mass is 127. The highest BCUT2D eigenvalue weighted by Crippen LogP contribution is 2.39. The summed E-state index contributed by atoms with van der Waals surface area (Å²) < 4.78 is 7.93. The molecule has 1 aromatic carbocycles. The van der Waals surface area contributed by atoms with Gasteiger partial charge < -0.3 is 9.74 Å². The topological polar surface area (TPSA) is 21.3 Å². The second kappa shape index (κ2) is 6.58. The van der Waals surface area contributed by atoms with Crippen LogP contribution in [0.3, 0.4) is 0 Å². The molecule has 1 aliphatic rings. The molecule has 1 N–H and O–H groups in total. The van der Waals surface area contributed by atoms with Crippen LogP contribution in [0.1, 0.15) is 40.0 Å². The van der Waals surface area contributed by atoms with Gasteiger partial charge in [-0.3, -0.25) is 0 Å². The monoisotopic (exact) mass is 417 g/mol.